The smallest absolute Gasteiger partial charge is 0.123 e. The number of nitrogens with one attached hydrogen (secondary N) is 1. The lowest BCUT2D eigenvalue weighted by Crippen LogP contribution is -2.13. The van der Waals surface area contributed by atoms with Crippen LogP contribution in [0.15, 0.2) is 42.7 Å². The van der Waals surface area contributed by atoms with Gasteiger partial charge in [0, 0.05) is 36.1 Å². The summed E-state index contributed by atoms with van der Waals surface area (Å²) in [6.45, 7) is 4.14. The molecule has 4 heteroatoms. The third-order valence-corrected chi connectivity index (χ3v) is 2.95. The van der Waals surface area contributed by atoms with E-state index in [-0.39, 0.29) is 0 Å². The molecule has 1 N–H and O–H groups in total. The van der Waals surface area contributed by atoms with E-state index in [4.69, 9.17) is 16.3 Å². The summed E-state index contributed by atoms with van der Waals surface area (Å²) in [6.07, 6.45) is 3.59. The molecule has 0 fully saturated rings. The Kier molecular flexibility index (Phi) is 5.19. The Bertz CT molecular complexity index is 517. The molecule has 0 unspecified atom stereocenters. The average Bonchev–Trinajstić information content (AvgIpc) is 2.43. The quantitative estimate of drug-likeness (QED) is 0.878. The number of hydrogen-bond acceptors (Lipinski definition) is 3. The van der Waals surface area contributed by atoms with Crippen LogP contribution in [-0.2, 0) is 13.1 Å². The predicted octanol–water partition coefficient (Wildman–Crippen LogP) is 3.42. The van der Waals surface area contributed by atoms with Crippen LogP contribution in [0.25, 0.3) is 0 Å². The minimum Gasteiger partial charge on any atom is -0.494 e. The van der Waals surface area contributed by atoms with Gasteiger partial charge in [-0.25, -0.2) is 0 Å². The second kappa shape index (κ2) is 7.12. The minimum atomic E-state index is 0.652. The minimum absolute atomic E-state index is 0.652. The summed E-state index contributed by atoms with van der Waals surface area (Å²) in [6, 6.07) is 9.68. The van der Waals surface area contributed by atoms with Gasteiger partial charge in [-0.2, -0.15) is 0 Å². The van der Waals surface area contributed by atoms with Gasteiger partial charge in [-0.3, -0.25) is 4.98 Å². The van der Waals surface area contributed by atoms with Crippen LogP contribution in [0.2, 0.25) is 5.02 Å². The lowest BCUT2D eigenvalue weighted by atomic mass is 10.2. The first-order chi connectivity index (χ1) is 9.29. The lowest BCUT2D eigenvalue weighted by molar-refractivity contribution is 0.335. The summed E-state index contributed by atoms with van der Waals surface area (Å²) < 4.78 is 5.59. The van der Waals surface area contributed by atoms with E-state index in [0.29, 0.717) is 6.61 Å². The lowest BCUT2D eigenvalue weighted by Gasteiger charge is -2.11. The molecule has 1 aromatic carbocycles. The first-order valence-corrected chi connectivity index (χ1v) is 6.68. The Hall–Kier alpha value is -1.58. The zero-order valence-corrected chi connectivity index (χ0v) is 11.7. The monoisotopic (exact) mass is 276 g/mol. The van der Waals surface area contributed by atoms with Crippen LogP contribution < -0.4 is 10.1 Å². The van der Waals surface area contributed by atoms with Gasteiger partial charge in [0.2, 0.25) is 0 Å². The van der Waals surface area contributed by atoms with E-state index in [1.807, 2.05) is 37.3 Å². The molecule has 0 aliphatic carbocycles. The van der Waals surface area contributed by atoms with E-state index in [1.54, 1.807) is 12.4 Å². The zero-order valence-electron chi connectivity index (χ0n) is 10.9. The Morgan fingerprint density at radius 2 is 1.95 bits per heavy atom. The summed E-state index contributed by atoms with van der Waals surface area (Å²) in [5.74, 6) is 0.883. The number of hydrogen-bond donors (Lipinski definition) is 1. The fourth-order valence-corrected chi connectivity index (χ4v) is 2.02. The third-order valence-electron chi connectivity index (χ3n) is 2.72. The van der Waals surface area contributed by atoms with Gasteiger partial charge in [0.25, 0.3) is 0 Å². The Balaban J connectivity index is 1.96. The predicted molar refractivity (Wildman–Crippen MR) is 77.4 cm³/mol. The second-order valence-electron chi connectivity index (χ2n) is 4.14. The molecule has 2 aromatic rings. The summed E-state index contributed by atoms with van der Waals surface area (Å²) in [4.78, 5) is 4.00. The van der Waals surface area contributed by atoms with Gasteiger partial charge in [-0.1, -0.05) is 11.6 Å². The highest BCUT2D eigenvalue weighted by Crippen LogP contribution is 2.22. The number of benzene rings is 1. The molecular weight excluding hydrogens is 260 g/mol. The molecule has 2 rings (SSSR count). The van der Waals surface area contributed by atoms with Crippen LogP contribution >= 0.6 is 11.6 Å². The molecule has 0 bridgehead atoms. The largest absolute Gasteiger partial charge is 0.494 e. The second-order valence-corrected chi connectivity index (χ2v) is 4.58. The van der Waals surface area contributed by atoms with Gasteiger partial charge >= 0.3 is 0 Å². The zero-order chi connectivity index (χ0) is 13.5. The van der Waals surface area contributed by atoms with Gasteiger partial charge in [-0.05, 0) is 42.8 Å². The number of aromatic nitrogens is 1. The van der Waals surface area contributed by atoms with E-state index >= 15 is 0 Å². The molecule has 0 aliphatic rings. The Morgan fingerprint density at radius 3 is 2.68 bits per heavy atom. The van der Waals surface area contributed by atoms with Gasteiger partial charge in [0.05, 0.1) is 6.61 Å². The molecule has 1 heterocycles. The number of rotatable bonds is 6. The van der Waals surface area contributed by atoms with E-state index < -0.39 is 0 Å². The van der Waals surface area contributed by atoms with E-state index in [2.05, 4.69) is 10.3 Å². The van der Waals surface area contributed by atoms with Crippen molar-refractivity contribution >= 4 is 11.6 Å². The van der Waals surface area contributed by atoms with E-state index in [1.165, 1.54) is 5.56 Å². The van der Waals surface area contributed by atoms with E-state index in [0.717, 1.165) is 29.4 Å². The molecule has 0 atom stereocenters. The van der Waals surface area contributed by atoms with Crippen molar-refractivity contribution in [3.63, 3.8) is 0 Å². The average molecular weight is 277 g/mol. The van der Waals surface area contributed by atoms with Gasteiger partial charge in [0.15, 0.2) is 0 Å². The number of nitrogens with zero attached hydrogens (tertiary/aromatic N) is 1. The number of pyridine rings is 1. The summed E-state index contributed by atoms with van der Waals surface area (Å²) in [5.41, 5.74) is 2.28. The first kappa shape index (κ1) is 13.8. The molecule has 100 valence electrons. The molecule has 19 heavy (non-hydrogen) atoms. The third kappa shape index (κ3) is 4.23. The molecule has 3 nitrogen and oxygen atoms in total. The molecule has 0 amide bonds. The Morgan fingerprint density at radius 1 is 1.16 bits per heavy atom. The van der Waals surface area contributed by atoms with Crippen LogP contribution in [0.3, 0.4) is 0 Å². The van der Waals surface area contributed by atoms with Crippen molar-refractivity contribution in [2.24, 2.45) is 0 Å². The number of halogens is 1. The fraction of sp³-hybridized carbons (Fsp3) is 0.267. The maximum Gasteiger partial charge on any atom is 0.123 e. The van der Waals surface area contributed by atoms with Crippen molar-refractivity contribution in [2.75, 3.05) is 6.61 Å². The fourth-order valence-electron chi connectivity index (χ4n) is 1.82. The van der Waals surface area contributed by atoms with Gasteiger partial charge < -0.3 is 10.1 Å². The van der Waals surface area contributed by atoms with Crippen LogP contribution in [0, 0.1) is 0 Å². The normalized spacial score (nSPS) is 10.4. The van der Waals surface area contributed by atoms with Crippen molar-refractivity contribution in [3.8, 4) is 5.75 Å². The molecule has 0 aliphatic heterocycles. The highest BCUT2D eigenvalue weighted by atomic mass is 35.5. The van der Waals surface area contributed by atoms with Crippen molar-refractivity contribution in [3.05, 3.63) is 58.9 Å². The standard InChI is InChI=1S/C15H17ClN2O/c1-2-19-15-4-3-14(16)9-13(15)11-18-10-12-5-7-17-8-6-12/h3-9,18H,2,10-11H2,1H3. The molecule has 1 aromatic heterocycles. The van der Waals surface area contributed by atoms with Gasteiger partial charge in [-0.15, -0.1) is 0 Å². The molecule has 0 saturated carbocycles. The SMILES string of the molecule is CCOc1ccc(Cl)cc1CNCc1ccncc1. The van der Waals surface area contributed by atoms with Crippen LogP contribution in [-0.4, -0.2) is 11.6 Å². The van der Waals surface area contributed by atoms with Crippen LogP contribution in [0.5, 0.6) is 5.75 Å². The molecule has 0 radical (unpaired) electrons. The van der Waals surface area contributed by atoms with Gasteiger partial charge in [0.1, 0.15) is 5.75 Å². The summed E-state index contributed by atoms with van der Waals surface area (Å²) >= 11 is 6.02. The van der Waals surface area contributed by atoms with E-state index in [9.17, 15) is 0 Å². The highest BCUT2D eigenvalue weighted by molar-refractivity contribution is 6.30. The summed E-state index contributed by atoms with van der Waals surface area (Å²) in [5, 5.41) is 4.10. The van der Waals surface area contributed by atoms with Crippen molar-refractivity contribution in [1.29, 1.82) is 0 Å². The van der Waals surface area contributed by atoms with Crippen molar-refractivity contribution < 1.29 is 4.74 Å². The molecular formula is C15H17ClN2O. The first-order valence-electron chi connectivity index (χ1n) is 6.30. The summed E-state index contributed by atoms with van der Waals surface area (Å²) in [7, 11) is 0. The topological polar surface area (TPSA) is 34.1 Å². The Labute approximate surface area is 118 Å². The highest BCUT2D eigenvalue weighted by Gasteiger charge is 2.04. The maximum atomic E-state index is 6.02. The maximum absolute atomic E-state index is 6.02. The van der Waals surface area contributed by atoms with Crippen molar-refractivity contribution in [2.45, 2.75) is 20.0 Å². The molecule has 0 saturated heterocycles. The number of ether oxygens (including phenoxy) is 1. The van der Waals surface area contributed by atoms with Crippen LogP contribution in [0.1, 0.15) is 18.1 Å². The van der Waals surface area contributed by atoms with Crippen LogP contribution in [0.4, 0.5) is 0 Å². The van der Waals surface area contributed by atoms with Crippen molar-refractivity contribution in [1.82, 2.24) is 10.3 Å². The molecule has 0 spiro atoms.